The third-order valence-electron chi connectivity index (χ3n) is 2.61. The van der Waals surface area contributed by atoms with Gasteiger partial charge in [0.25, 0.3) is 0 Å². The van der Waals surface area contributed by atoms with Crippen LogP contribution < -0.4 is 0 Å². The quantitative estimate of drug-likeness (QED) is 0.808. The molecule has 0 bridgehead atoms. The molecule has 0 aliphatic heterocycles. The lowest BCUT2D eigenvalue weighted by atomic mass is 9.90. The van der Waals surface area contributed by atoms with Crippen molar-refractivity contribution >= 4 is 11.0 Å². The SMILES string of the molecule is CC(C)C(C#N)c1ccc2nc[nH]c2c1. The number of aromatic amines is 1. The molecule has 3 heteroatoms. The first-order chi connectivity index (χ1) is 7.22. The van der Waals surface area contributed by atoms with E-state index in [1.54, 1.807) is 6.33 Å². The number of hydrogen-bond acceptors (Lipinski definition) is 2. The van der Waals surface area contributed by atoms with Crippen molar-refractivity contribution in [3.63, 3.8) is 0 Å². The molecular weight excluding hydrogens is 186 g/mol. The zero-order valence-corrected chi connectivity index (χ0v) is 8.86. The van der Waals surface area contributed by atoms with Crippen molar-refractivity contribution in [1.29, 1.82) is 5.26 Å². The predicted molar refractivity (Wildman–Crippen MR) is 59.3 cm³/mol. The van der Waals surface area contributed by atoms with Gasteiger partial charge in [-0.2, -0.15) is 5.26 Å². The van der Waals surface area contributed by atoms with Gasteiger partial charge in [-0.3, -0.25) is 0 Å². The van der Waals surface area contributed by atoms with E-state index >= 15 is 0 Å². The summed E-state index contributed by atoms with van der Waals surface area (Å²) in [6.45, 7) is 4.12. The molecule has 0 aliphatic carbocycles. The maximum atomic E-state index is 9.10. The molecular formula is C12H13N3. The second-order valence-electron chi connectivity index (χ2n) is 4.03. The van der Waals surface area contributed by atoms with Crippen LogP contribution in [0.2, 0.25) is 0 Å². The summed E-state index contributed by atoms with van der Waals surface area (Å²) in [7, 11) is 0. The Labute approximate surface area is 88.8 Å². The molecule has 0 amide bonds. The van der Waals surface area contributed by atoms with E-state index in [1.807, 2.05) is 18.2 Å². The van der Waals surface area contributed by atoms with Gasteiger partial charge in [-0.15, -0.1) is 0 Å². The summed E-state index contributed by atoms with van der Waals surface area (Å²) >= 11 is 0. The van der Waals surface area contributed by atoms with E-state index in [0.29, 0.717) is 5.92 Å². The van der Waals surface area contributed by atoms with Crippen molar-refractivity contribution in [2.75, 3.05) is 0 Å². The number of rotatable bonds is 2. The summed E-state index contributed by atoms with van der Waals surface area (Å²) in [4.78, 5) is 7.21. The topological polar surface area (TPSA) is 52.5 Å². The van der Waals surface area contributed by atoms with Gasteiger partial charge in [0.05, 0.1) is 29.3 Å². The van der Waals surface area contributed by atoms with Crippen LogP contribution in [0.4, 0.5) is 0 Å². The van der Waals surface area contributed by atoms with Crippen molar-refractivity contribution in [2.45, 2.75) is 19.8 Å². The summed E-state index contributed by atoms with van der Waals surface area (Å²) in [5, 5.41) is 9.10. The molecule has 1 unspecified atom stereocenters. The number of nitrogens with one attached hydrogen (secondary N) is 1. The molecule has 1 aromatic heterocycles. The Hall–Kier alpha value is -1.82. The summed E-state index contributed by atoms with van der Waals surface area (Å²) in [5.74, 6) is 0.285. The van der Waals surface area contributed by atoms with E-state index in [0.717, 1.165) is 16.6 Å². The van der Waals surface area contributed by atoms with Crippen molar-refractivity contribution in [1.82, 2.24) is 9.97 Å². The van der Waals surface area contributed by atoms with Crippen molar-refractivity contribution in [3.8, 4) is 6.07 Å². The molecule has 1 heterocycles. The maximum absolute atomic E-state index is 9.10. The highest BCUT2D eigenvalue weighted by molar-refractivity contribution is 5.75. The molecule has 0 fully saturated rings. The molecule has 0 saturated carbocycles. The fourth-order valence-electron chi connectivity index (χ4n) is 1.76. The fraction of sp³-hybridized carbons (Fsp3) is 0.333. The van der Waals surface area contributed by atoms with E-state index in [1.165, 1.54) is 0 Å². The molecule has 76 valence electrons. The average molecular weight is 199 g/mol. The average Bonchev–Trinajstić information content (AvgIpc) is 2.65. The summed E-state index contributed by atoms with van der Waals surface area (Å²) in [6.07, 6.45) is 1.67. The van der Waals surface area contributed by atoms with Gasteiger partial charge in [0.1, 0.15) is 0 Å². The molecule has 2 aromatic rings. The minimum Gasteiger partial charge on any atom is -0.345 e. The van der Waals surface area contributed by atoms with E-state index in [-0.39, 0.29) is 5.92 Å². The van der Waals surface area contributed by atoms with Crippen LogP contribution in [0.3, 0.4) is 0 Å². The molecule has 0 radical (unpaired) electrons. The Morgan fingerprint density at radius 3 is 2.87 bits per heavy atom. The van der Waals surface area contributed by atoms with Crippen LogP contribution in [-0.2, 0) is 0 Å². The lowest BCUT2D eigenvalue weighted by Gasteiger charge is -2.12. The van der Waals surface area contributed by atoms with Crippen LogP contribution in [0.25, 0.3) is 11.0 Å². The highest BCUT2D eigenvalue weighted by atomic mass is 14.9. The van der Waals surface area contributed by atoms with E-state index in [2.05, 4.69) is 29.9 Å². The normalized spacial score (nSPS) is 12.9. The second-order valence-corrected chi connectivity index (χ2v) is 4.03. The number of benzene rings is 1. The van der Waals surface area contributed by atoms with Gasteiger partial charge in [-0.1, -0.05) is 19.9 Å². The molecule has 2 rings (SSSR count). The Balaban J connectivity index is 2.47. The highest BCUT2D eigenvalue weighted by Gasteiger charge is 2.15. The zero-order chi connectivity index (χ0) is 10.8. The van der Waals surface area contributed by atoms with Gasteiger partial charge in [0, 0.05) is 0 Å². The Kier molecular flexibility index (Phi) is 2.42. The first-order valence-corrected chi connectivity index (χ1v) is 5.05. The second kappa shape index (κ2) is 3.74. The number of hydrogen-bond donors (Lipinski definition) is 1. The third-order valence-corrected chi connectivity index (χ3v) is 2.61. The molecule has 15 heavy (non-hydrogen) atoms. The van der Waals surface area contributed by atoms with Gasteiger partial charge in [-0.05, 0) is 23.6 Å². The van der Waals surface area contributed by atoms with Crippen LogP contribution in [0.15, 0.2) is 24.5 Å². The Morgan fingerprint density at radius 1 is 1.40 bits per heavy atom. The first kappa shape index (κ1) is 9.72. The molecule has 0 spiro atoms. The minimum atomic E-state index is -0.0438. The number of nitrogens with zero attached hydrogens (tertiary/aromatic N) is 2. The van der Waals surface area contributed by atoms with Crippen molar-refractivity contribution in [2.24, 2.45) is 5.92 Å². The summed E-state index contributed by atoms with van der Waals surface area (Å²) in [6, 6.07) is 8.29. The number of aromatic nitrogens is 2. The molecule has 0 saturated heterocycles. The largest absolute Gasteiger partial charge is 0.345 e. The third kappa shape index (κ3) is 1.71. The number of H-pyrrole nitrogens is 1. The van der Waals surface area contributed by atoms with Crippen LogP contribution in [0.5, 0.6) is 0 Å². The minimum absolute atomic E-state index is 0.0438. The van der Waals surface area contributed by atoms with Crippen LogP contribution in [0, 0.1) is 17.2 Å². The highest BCUT2D eigenvalue weighted by Crippen LogP contribution is 2.25. The predicted octanol–water partition coefficient (Wildman–Crippen LogP) is 2.83. The van der Waals surface area contributed by atoms with Crippen molar-refractivity contribution < 1.29 is 0 Å². The number of fused-ring (bicyclic) bond motifs is 1. The zero-order valence-electron chi connectivity index (χ0n) is 8.86. The van der Waals surface area contributed by atoms with Gasteiger partial charge in [0.2, 0.25) is 0 Å². The van der Waals surface area contributed by atoms with Crippen LogP contribution in [0.1, 0.15) is 25.3 Å². The lowest BCUT2D eigenvalue weighted by molar-refractivity contribution is 0.588. The van der Waals surface area contributed by atoms with E-state index in [9.17, 15) is 0 Å². The van der Waals surface area contributed by atoms with Crippen LogP contribution in [-0.4, -0.2) is 9.97 Å². The van der Waals surface area contributed by atoms with Gasteiger partial charge in [0.15, 0.2) is 0 Å². The Bertz CT molecular complexity index is 505. The van der Waals surface area contributed by atoms with Crippen molar-refractivity contribution in [3.05, 3.63) is 30.1 Å². The molecule has 1 N–H and O–H groups in total. The summed E-state index contributed by atoms with van der Waals surface area (Å²) < 4.78 is 0. The van der Waals surface area contributed by atoms with E-state index in [4.69, 9.17) is 5.26 Å². The Morgan fingerprint density at radius 2 is 2.20 bits per heavy atom. The number of nitriles is 1. The van der Waals surface area contributed by atoms with Crippen LogP contribution >= 0.6 is 0 Å². The maximum Gasteiger partial charge on any atom is 0.0931 e. The smallest absolute Gasteiger partial charge is 0.0931 e. The monoisotopic (exact) mass is 199 g/mol. The number of imidazole rings is 1. The summed E-state index contributed by atoms with van der Waals surface area (Å²) in [5.41, 5.74) is 3.00. The molecule has 0 aliphatic rings. The first-order valence-electron chi connectivity index (χ1n) is 5.05. The lowest BCUT2D eigenvalue weighted by Crippen LogP contribution is -2.03. The van der Waals surface area contributed by atoms with E-state index < -0.39 is 0 Å². The molecule has 3 nitrogen and oxygen atoms in total. The van der Waals surface area contributed by atoms with Gasteiger partial charge < -0.3 is 4.98 Å². The standard InChI is InChI=1S/C12H13N3/c1-8(2)10(6-13)9-3-4-11-12(5-9)15-7-14-11/h3-5,7-8,10H,1-2H3,(H,14,15). The molecule has 1 aromatic carbocycles. The molecule has 1 atom stereocenters. The van der Waals surface area contributed by atoms with Gasteiger partial charge in [-0.25, -0.2) is 4.98 Å². The fourth-order valence-corrected chi connectivity index (χ4v) is 1.76. The van der Waals surface area contributed by atoms with Gasteiger partial charge >= 0.3 is 0 Å².